The molecule has 3 rings (SSSR count). The van der Waals surface area contributed by atoms with Gasteiger partial charge in [0, 0.05) is 24.7 Å². The maximum Gasteiger partial charge on any atom is 0.0402 e. The van der Waals surface area contributed by atoms with E-state index >= 15 is 0 Å². The Morgan fingerprint density at radius 2 is 2.06 bits per heavy atom. The van der Waals surface area contributed by atoms with E-state index in [0.29, 0.717) is 5.92 Å². The smallest absolute Gasteiger partial charge is 0.0402 e. The van der Waals surface area contributed by atoms with Gasteiger partial charge in [0.25, 0.3) is 0 Å². The van der Waals surface area contributed by atoms with Crippen LogP contribution < -0.4 is 10.6 Å². The first-order valence-electron chi connectivity index (χ1n) is 6.92. The Morgan fingerprint density at radius 1 is 1.24 bits per heavy atom. The zero-order valence-corrected chi connectivity index (χ0v) is 10.4. The first-order valence-corrected chi connectivity index (χ1v) is 6.92. The average molecular weight is 230 g/mol. The van der Waals surface area contributed by atoms with Crippen LogP contribution in [0.15, 0.2) is 24.3 Å². The average Bonchev–Trinajstić information content (AvgIpc) is 3.10. The first kappa shape index (κ1) is 11.1. The Morgan fingerprint density at radius 3 is 2.82 bits per heavy atom. The van der Waals surface area contributed by atoms with Gasteiger partial charge in [-0.15, -0.1) is 0 Å². The largest absolute Gasteiger partial charge is 0.370 e. The molecule has 0 aromatic heterocycles. The SMILES string of the molecule is NCCCC1CN(CC2CC2)c2ccccc21. The minimum atomic E-state index is 0.716. The summed E-state index contributed by atoms with van der Waals surface area (Å²) < 4.78 is 0. The molecule has 2 nitrogen and oxygen atoms in total. The molecule has 1 unspecified atom stereocenters. The first-order chi connectivity index (χ1) is 8.38. The number of anilines is 1. The molecule has 17 heavy (non-hydrogen) atoms. The van der Waals surface area contributed by atoms with Crippen molar-refractivity contribution in [3.8, 4) is 0 Å². The van der Waals surface area contributed by atoms with Crippen molar-refractivity contribution in [1.82, 2.24) is 0 Å². The van der Waals surface area contributed by atoms with Gasteiger partial charge in [0.15, 0.2) is 0 Å². The summed E-state index contributed by atoms with van der Waals surface area (Å²) in [4.78, 5) is 2.61. The van der Waals surface area contributed by atoms with Gasteiger partial charge >= 0.3 is 0 Å². The van der Waals surface area contributed by atoms with Crippen molar-refractivity contribution in [3.63, 3.8) is 0 Å². The summed E-state index contributed by atoms with van der Waals surface area (Å²) in [7, 11) is 0. The lowest BCUT2D eigenvalue weighted by atomic mass is 9.96. The summed E-state index contributed by atoms with van der Waals surface area (Å²) in [5, 5.41) is 0. The van der Waals surface area contributed by atoms with Crippen LogP contribution in [0.25, 0.3) is 0 Å². The van der Waals surface area contributed by atoms with Crippen LogP contribution in [0.2, 0.25) is 0 Å². The third-order valence-corrected chi connectivity index (χ3v) is 4.09. The molecule has 0 saturated heterocycles. The van der Waals surface area contributed by atoms with Crippen molar-refractivity contribution in [3.05, 3.63) is 29.8 Å². The molecule has 1 atom stereocenters. The molecule has 0 bridgehead atoms. The highest BCUT2D eigenvalue weighted by Gasteiger charge is 2.31. The summed E-state index contributed by atoms with van der Waals surface area (Å²) in [5.41, 5.74) is 8.68. The Hall–Kier alpha value is -1.02. The molecule has 1 aliphatic heterocycles. The third-order valence-electron chi connectivity index (χ3n) is 4.09. The lowest BCUT2D eigenvalue weighted by molar-refractivity contribution is 0.601. The van der Waals surface area contributed by atoms with E-state index in [2.05, 4.69) is 29.2 Å². The van der Waals surface area contributed by atoms with Crippen molar-refractivity contribution in [2.24, 2.45) is 11.7 Å². The van der Waals surface area contributed by atoms with Gasteiger partial charge in [0.1, 0.15) is 0 Å². The quantitative estimate of drug-likeness (QED) is 0.842. The third kappa shape index (κ3) is 2.32. The normalized spacial score (nSPS) is 22.9. The number of hydrogen-bond donors (Lipinski definition) is 1. The van der Waals surface area contributed by atoms with E-state index < -0.39 is 0 Å². The Balaban J connectivity index is 1.76. The van der Waals surface area contributed by atoms with Crippen molar-refractivity contribution in [2.75, 3.05) is 24.5 Å². The molecule has 0 amide bonds. The van der Waals surface area contributed by atoms with Crippen LogP contribution in [0.4, 0.5) is 5.69 Å². The molecule has 2 N–H and O–H groups in total. The van der Waals surface area contributed by atoms with Crippen LogP contribution in [-0.2, 0) is 0 Å². The highest BCUT2D eigenvalue weighted by molar-refractivity contribution is 5.60. The second-order valence-corrected chi connectivity index (χ2v) is 5.54. The summed E-state index contributed by atoms with van der Waals surface area (Å²) in [6.07, 6.45) is 5.27. The van der Waals surface area contributed by atoms with Crippen LogP contribution in [0, 0.1) is 5.92 Å². The van der Waals surface area contributed by atoms with Gasteiger partial charge in [-0.05, 0) is 49.8 Å². The molecule has 2 aliphatic rings. The standard InChI is InChI=1S/C15H22N2/c16-9-3-4-13-11-17(10-12-7-8-12)15-6-2-1-5-14(13)15/h1-2,5-6,12-13H,3-4,7-11,16H2. The van der Waals surface area contributed by atoms with Gasteiger partial charge in [0.05, 0.1) is 0 Å². The maximum atomic E-state index is 5.64. The lowest BCUT2D eigenvalue weighted by Crippen LogP contribution is -2.24. The Kier molecular flexibility index (Phi) is 3.06. The van der Waals surface area contributed by atoms with Crippen LogP contribution in [0.3, 0.4) is 0 Å². The summed E-state index contributed by atoms with van der Waals surface area (Å²) in [5.74, 6) is 1.69. The minimum absolute atomic E-state index is 0.716. The van der Waals surface area contributed by atoms with Gasteiger partial charge in [-0.1, -0.05) is 18.2 Å². The molecule has 0 spiro atoms. The fraction of sp³-hybridized carbons (Fsp3) is 0.600. The minimum Gasteiger partial charge on any atom is -0.370 e. The molecule has 1 aromatic rings. The van der Waals surface area contributed by atoms with E-state index in [1.54, 1.807) is 5.56 Å². The van der Waals surface area contributed by atoms with Crippen LogP contribution in [-0.4, -0.2) is 19.6 Å². The molecule has 92 valence electrons. The number of nitrogens with zero attached hydrogens (tertiary/aromatic N) is 1. The monoisotopic (exact) mass is 230 g/mol. The number of benzene rings is 1. The highest BCUT2D eigenvalue weighted by atomic mass is 15.2. The van der Waals surface area contributed by atoms with Gasteiger partial charge < -0.3 is 10.6 Å². The van der Waals surface area contributed by atoms with E-state index in [-0.39, 0.29) is 0 Å². The molecular formula is C15H22N2. The molecule has 0 radical (unpaired) electrons. The second kappa shape index (κ2) is 4.69. The Bertz CT molecular complexity index is 384. The van der Waals surface area contributed by atoms with Crippen LogP contribution in [0.5, 0.6) is 0 Å². The fourth-order valence-corrected chi connectivity index (χ4v) is 2.98. The molecule has 1 aliphatic carbocycles. The van der Waals surface area contributed by atoms with Gasteiger partial charge in [-0.25, -0.2) is 0 Å². The van der Waals surface area contributed by atoms with Crippen LogP contribution >= 0.6 is 0 Å². The summed E-state index contributed by atoms with van der Waals surface area (Å²) in [6, 6.07) is 8.95. The van der Waals surface area contributed by atoms with E-state index in [1.807, 2.05) is 0 Å². The van der Waals surface area contributed by atoms with Gasteiger partial charge in [0.2, 0.25) is 0 Å². The predicted octanol–water partition coefficient (Wildman–Crippen LogP) is 2.74. The van der Waals surface area contributed by atoms with Gasteiger partial charge in [-0.2, -0.15) is 0 Å². The zero-order valence-electron chi connectivity index (χ0n) is 10.4. The number of fused-ring (bicyclic) bond motifs is 1. The Labute approximate surface area is 104 Å². The summed E-state index contributed by atoms with van der Waals surface area (Å²) in [6.45, 7) is 3.31. The predicted molar refractivity (Wildman–Crippen MR) is 72.4 cm³/mol. The maximum absolute atomic E-state index is 5.64. The van der Waals surface area contributed by atoms with E-state index in [9.17, 15) is 0 Å². The zero-order chi connectivity index (χ0) is 11.7. The molecule has 1 saturated carbocycles. The number of nitrogens with two attached hydrogens (primary N) is 1. The molecule has 1 fully saturated rings. The number of para-hydroxylation sites is 1. The lowest BCUT2D eigenvalue weighted by Gasteiger charge is -2.19. The van der Waals surface area contributed by atoms with E-state index in [4.69, 9.17) is 5.73 Å². The summed E-state index contributed by atoms with van der Waals surface area (Å²) >= 11 is 0. The van der Waals surface area contributed by atoms with Crippen LogP contribution in [0.1, 0.15) is 37.2 Å². The van der Waals surface area contributed by atoms with Crippen molar-refractivity contribution in [1.29, 1.82) is 0 Å². The topological polar surface area (TPSA) is 29.3 Å². The fourth-order valence-electron chi connectivity index (χ4n) is 2.98. The second-order valence-electron chi connectivity index (χ2n) is 5.54. The number of rotatable bonds is 5. The van der Waals surface area contributed by atoms with Crippen molar-refractivity contribution in [2.45, 2.75) is 31.6 Å². The highest BCUT2D eigenvalue weighted by Crippen LogP contribution is 2.41. The molecule has 2 heteroatoms. The molecular weight excluding hydrogens is 208 g/mol. The van der Waals surface area contributed by atoms with E-state index in [1.165, 1.54) is 38.0 Å². The number of hydrogen-bond acceptors (Lipinski definition) is 2. The van der Waals surface area contributed by atoms with Crippen molar-refractivity contribution < 1.29 is 0 Å². The molecule has 1 aromatic carbocycles. The van der Waals surface area contributed by atoms with Gasteiger partial charge in [-0.3, -0.25) is 0 Å². The van der Waals surface area contributed by atoms with E-state index in [0.717, 1.165) is 18.9 Å². The van der Waals surface area contributed by atoms with Crippen molar-refractivity contribution >= 4 is 5.69 Å². The molecule has 1 heterocycles.